The molecule has 24 heavy (non-hydrogen) atoms. The highest BCUT2D eigenvalue weighted by Gasteiger charge is 2.09. The van der Waals surface area contributed by atoms with E-state index in [1.54, 1.807) is 36.4 Å². The normalized spacial score (nSPS) is 10.1. The van der Waals surface area contributed by atoms with Crippen LogP contribution in [0.1, 0.15) is 5.56 Å². The topological polar surface area (TPSA) is 58.6 Å². The number of hydrogen-bond acceptors (Lipinski definition) is 4. The predicted octanol–water partition coefficient (Wildman–Crippen LogP) is 3.13. The molecular formula is C18H19ClN2O3. The summed E-state index contributed by atoms with van der Waals surface area (Å²) >= 11 is 5.78. The molecule has 5 nitrogen and oxygen atoms in total. The van der Waals surface area contributed by atoms with Crippen molar-refractivity contribution < 1.29 is 14.3 Å². The van der Waals surface area contributed by atoms with Crippen molar-refractivity contribution in [1.82, 2.24) is 0 Å². The minimum Gasteiger partial charge on any atom is -0.455 e. The second-order valence-corrected chi connectivity index (χ2v) is 5.89. The summed E-state index contributed by atoms with van der Waals surface area (Å²) in [5.74, 6) is -0.840. The number of hydrogen-bond donors (Lipinski definition) is 1. The Hall–Kier alpha value is -2.53. The second-order valence-electron chi connectivity index (χ2n) is 5.45. The molecule has 126 valence electrons. The fourth-order valence-electron chi connectivity index (χ4n) is 2.01. The van der Waals surface area contributed by atoms with E-state index in [9.17, 15) is 9.59 Å². The summed E-state index contributed by atoms with van der Waals surface area (Å²) in [6, 6.07) is 14.3. The summed E-state index contributed by atoms with van der Waals surface area (Å²) < 4.78 is 4.98. The van der Waals surface area contributed by atoms with E-state index in [0.29, 0.717) is 10.7 Å². The van der Waals surface area contributed by atoms with Crippen molar-refractivity contribution in [2.45, 2.75) is 6.42 Å². The van der Waals surface area contributed by atoms with E-state index in [0.717, 1.165) is 11.3 Å². The van der Waals surface area contributed by atoms with E-state index in [2.05, 4.69) is 5.32 Å². The van der Waals surface area contributed by atoms with Crippen molar-refractivity contribution in [2.75, 3.05) is 30.9 Å². The molecule has 0 heterocycles. The van der Waals surface area contributed by atoms with Gasteiger partial charge in [0.25, 0.3) is 5.91 Å². The number of benzene rings is 2. The van der Waals surface area contributed by atoms with E-state index >= 15 is 0 Å². The monoisotopic (exact) mass is 346 g/mol. The van der Waals surface area contributed by atoms with Crippen LogP contribution in [0.15, 0.2) is 48.5 Å². The van der Waals surface area contributed by atoms with Crippen molar-refractivity contribution >= 4 is 34.9 Å². The first-order chi connectivity index (χ1) is 11.4. The summed E-state index contributed by atoms with van der Waals surface area (Å²) in [6.07, 6.45) is 0.0992. The zero-order valence-corrected chi connectivity index (χ0v) is 14.3. The Bertz CT molecular complexity index is 697. The number of carbonyl (C=O) groups excluding carboxylic acids is 2. The van der Waals surface area contributed by atoms with Crippen molar-refractivity contribution in [3.05, 3.63) is 59.1 Å². The number of ether oxygens (including phenoxy) is 1. The molecule has 2 aromatic rings. The molecule has 0 spiro atoms. The lowest BCUT2D eigenvalue weighted by molar-refractivity contribution is -0.146. The van der Waals surface area contributed by atoms with Crippen LogP contribution >= 0.6 is 11.6 Å². The average molecular weight is 347 g/mol. The molecule has 2 rings (SSSR count). The van der Waals surface area contributed by atoms with Crippen molar-refractivity contribution in [3.8, 4) is 0 Å². The third-order valence-corrected chi connectivity index (χ3v) is 3.55. The molecule has 6 heteroatoms. The molecule has 2 aromatic carbocycles. The maximum absolute atomic E-state index is 11.8. The zero-order valence-electron chi connectivity index (χ0n) is 13.6. The van der Waals surface area contributed by atoms with Crippen LogP contribution in [-0.4, -0.2) is 32.6 Å². The number of esters is 1. The van der Waals surface area contributed by atoms with Gasteiger partial charge < -0.3 is 15.0 Å². The van der Waals surface area contributed by atoms with Crippen LogP contribution < -0.4 is 10.2 Å². The van der Waals surface area contributed by atoms with E-state index < -0.39 is 5.97 Å². The van der Waals surface area contributed by atoms with Crippen LogP contribution in [0.4, 0.5) is 11.4 Å². The quantitative estimate of drug-likeness (QED) is 0.816. The highest BCUT2D eigenvalue weighted by molar-refractivity contribution is 6.30. The Balaban J connectivity index is 1.77. The van der Waals surface area contributed by atoms with Crippen LogP contribution in [0.25, 0.3) is 0 Å². The molecule has 0 unspecified atom stereocenters. The Morgan fingerprint density at radius 1 is 1.04 bits per heavy atom. The molecule has 0 aliphatic rings. The summed E-state index contributed by atoms with van der Waals surface area (Å²) in [5.41, 5.74) is 2.46. The maximum atomic E-state index is 11.8. The standard InChI is InChI=1S/C18H19ClN2O3/c1-21(2)16-9-7-15(8-10-16)20-17(22)12-24-18(23)11-13-3-5-14(19)6-4-13/h3-10H,11-12H2,1-2H3,(H,20,22). The van der Waals surface area contributed by atoms with Crippen LogP contribution in [0.5, 0.6) is 0 Å². The largest absolute Gasteiger partial charge is 0.455 e. The first kappa shape index (κ1) is 17.8. The minimum absolute atomic E-state index is 0.0992. The van der Waals surface area contributed by atoms with Crippen molar-refractivity contribution in [2.24, 2.45) is 0 Å². The molecule has 0 bridgehead atoms. The van der Waals surface area contributed by atoms with Gasteiger partial charge in [-0.05, 0) is 42.0 Å². The van der Waals surface area contributed by atoms with Gasteiger partial charge in [0.05, 0.1) is 6.42 Å². The molecule has 0 aromatic heterocycles. The number of rotatable bonds is 6. The van der Waals surface area contributed by atoms with Gasteiger partial charge in [-0.2, -0.15) is 0 Å². The third kappa shape index (κ3) is 5.59. The van der Waals surface area contributed by atoms with Crippen molar-refractivity contribution in [1.29, 1.82) is 0 Å². The molecule has 0 saturated heterocycles. The zero-order chi connectivity index (χ0) is 17.5. The first-order valence-corrected chi connectivity index (χ1v) is 7.79. The number of halogens is 1. The Morgan fingerprint density at radius 3 is 2.25 bits per heavy atom. The van der Waals surface area contributed by atoms with Gasteiger partial charge in [-0.1, -0.05) is 23.7 Å². The Labute approximate surface area is 146 Å². The highest BCUT2D eigenvalue weighted by Crippen LogP contribution is 2.15. The SMILES string of the molecule is CN(C)c1ccc(NC(=O)COC(=O)Cc2ccc(Cl)cc2)cc1. The van der Waals surface area contributed by atoms with E-state index in [4.69, 9.17) is 16.3 Å². The minimum atomic E-state index is -0.463. The second kappa shape index (κ2) is 8.36. The predicted molar refractivity (Wildman–Crippen MR) is 95.5 cm³/mol. The highest BCUT2D eigenvalue weighted by atomic mass is 35.5. The molecule has 0 saturated carbocycles. The van der Waals surface area contributed by atoms with Gasteiger partial charge in [0, 0.05) is 30.5 Å². The fraction of sp³-hybridized carbons (Fsp3) is 0.222. The van der Waals surface area contributed by atoms with Gasteiger partial charge >= 0.3 is 5.97 Å². The van der Waals surface area contributed by atoms with Gasteiger partial charge in [-0.3, -0.25) is 9.59 Å². The number of nitrogens with one attached hydrogen (secondary N) is 1. The molecular weight excluding hydrogens is 328 g/mol. The molecule has 0 aliphatic heterocycles. The Kier molecular flexibility index (Phi) is 6.21. The molecule has 0 atom stereocenters. The number of anilines is 2. The molecule has 1 amide bonds. The summed E-state index contributed by atoms with van der Waals surface area (Å²) in [7, 11) is 3.88. The molecule has 0 fully saturated rings. The van der Waals surface area contributed by atoms with E-state index in [1.807, 2.05) is 31.1 Å². The average Bonchev–Trinajstić information content (AvgIpc) is 2.55. The summed E-state index contributed by atoms with van der Waals surface area (Å²) in [5, 5.41) is 3.29. The number of amides is 1. The van der Waals surface area contributed by atoms with Crippen LogP contribution in [0.3, 0.4) is 0 Å². The molecule has 1 N–H and O–H groups in total. The number of nitrogens with zero attached hydrogens (tertiary/aromatic N) is 1. The number of carbonyl (C=O) groups is 2. The van der Waals surface area contributed by atoms with Gasteiger partial charge in [-0.25, -0.2) is 0 Å². The lowest BCUT2D eigenvalue weighted by Gasteiger charge is -2.13. The first-order valence-electron chi connectivity index (χ1n) is 7.41. The maximum Gasteiger partial charge on any atom is 0.310 e. The van der Waals surface area contributed by atoms with Crippen molar-refractivity contribution in [3.63, 3.8) is 0 Å². The van der Waals surface area contributed by atoms with Crippen LogP contribution in [-0.2, 0) is 20.7 Å². The fourth-order valence-corrected chi connectivity index (χ4v) is 2.13. The molecule has 0 aliphatic carbocycles. The molecule has 0 radical (unpaired) electrons. The van der Waals surface area contributed by atoms with E-state index in [-0.39, 0.29) is 18.9 Å². The summed E-state index contributed by atoms with van der Waals surface area (Å²) in [6.45, 7) is -0.318. The Morgan fingerprint density at radius 2 is 1.67 bits per heavy atom. The summed E-state index contributed by atoms with van der Waals surface area (Å²) in [4.78, 5) is 25.5. The van der Waals surface area contributed by atoms with Crippen LogP contribution in [0.2, 0.25) is 5.02 Å². The van der Waals surface area contributed by atoms with Crippen LogP contribution in [0, 0.1) is 0 Å². The smallest absolute Gasteiger partial charge is 0.310 e. The third-order valence-electron chi connectivity index (χ3n) is 3.29. The van der Waals surface area contributed by atoms with Gasteiger partial charge in [0.2, 0.25) is 0 Å². The van der Waals surface area contributed by atoms with Gasteiger partial charge in [-0.15, -0.1) is 0 Å². The van der Waals surface area contributed by atoms with Gasteiger partial charge in [0.1, 0.15) is 0 Å². The lowest BCUT2D eigenvalue weighted by atomic mass is 10.1. The van der Waals surface area contributed by atoms with Gasteiger partial charge in [0.15, 0.2) is 6.61 Å². The van der Waals surface area contributed by atoms with E-state index in [1.165, 1.54) is 0 Å². The lowest BCUT2D eigenvalue weighted by Crippen LogP contribution is -2.21.